The fourth-order valence-corrected chi connectivity index (χ4v) is 4.36. The predicted molar refractivity (Wildman–Crippen MR) is 130 cm³/mol. The van der Waals surface area contributed by atoms with Crippen LogP contribution in [0.4, 0.5) is 8.78 Å². The number of rotatable bonds is 8. The molecule has 0 aliphatic carbocycles. The van der Waals surface area contributed by atoms with Crippen molar-refractivity contribution in [2.24, 2.45) is 10.7 Å². The van der Waals surface area contributed by atoms with Crippen LogP contribution in [0.25, 0.3) is 11.4 Å². The zero-order valence-electron chi connectivity index (χ0n) is 20.0. The zero-order valence-corrected chi connectivity index (χ0v) is 20.0. The highest BCUT2D eigenvalue weighted by Crippen LogP contribution is 2.24. The van der Waals surface area contributed by atoms with Crippen molar-refractivity contribution in [2.75, 3.05) is 26.2 Å². The number of carbonyl (C=O) groups is 2. The van der Waals surface area contributed by atoms with Gasteiger partial charge in [-0.3, -0.25) is 24.6 Å². The summed E-state index contributed by atoms with van der Waals surface area (Å²) in [4.78, 5) is 37.5. The molecule has 2 saturated heterocycles. The van der Waals surface area contributed by atoms with Crippen LogP contribution >= 0.6 is 0 Å². The summed E-state index contributed by atoms with van der Waals surface area (Å²) in [6, 6.07) is 6.81. The lowest BCUT2D eigenvalue weighted by Crippen LogP contribution is -2.57. The molecule has 0 atom stereocenters. The van der Waals surface area contributed by atoms with E-state index >= 15 is 0 Å². The van der Waals surface area contributed by atoms with E-state index in [1.54, 1.807) is 24.4 Å². The van der Waals surface area contributed by atoms with Gasteiger partial charge in [0.1, 0.15) is 11.4 Å². The summed E-state index contributed by atoms with van der Waals surface area (Å²) >= 11 is 0. The summed E-state index contributed by atoms with van der Waals surface area (Å²) in [5, 5.41) is 9.05. The average Bonchev–Trinajstić information content (AvgIpc) is 3.41. The number of aromatic nitrogens is 3. The van der Waals surface area contributed by atoms with E-state index in [2.05, 4.69) is 30.4 Å². The number of aliphatic imine (C=N–C) groups is 1. The SMILES string of the molecule is CCC(=O)N1CCC(N2CC(N=CC(NC(=O)c3cccc(-c4ccn[nH]4)n3)=C(N)C(F)F)C2)CC1. The molecule has 0 radical (unpaired) electrons. The molecule has 2 aliphatic rings. The first-order chi connectivity index (χ1) is 17.4. The average molecular weight is 501 g/mol. The molecule has 0 saturated carbocycles. The number of halogens is 2. The molecule has 0 aromatic carbocycles. The maximum absolute atomic E-state index is 13.4. The van der Waals surface area contributed by atoms with Crippen LogP contribution in [-0.2, 0) is 4.79 Å². The van der Waals surface area contributed by atoms with Gasteiger partial charge in [0, 0.05) is 51.1 Å². The molecule has 4 heterocycles. The van der Waals surface area contributed by atoms with Gasteiger partial charge in [-0.2, -0.15) is 5.10 Å². The molecule has 2 amide bonds. The van der Waals surface area contributed by atoms with Gasteiger partial charge in [-0.05, 0) is 31.0 Å². The fraction of sp³-hybridized carbons (Fsp3) is 0.458. The van der Waals surface area contributed by atoms with Crippen molar-refractivity contribution >= 4 is 18.0 Å². The third kappa shape index (κ3) is 5.93. The van der Waals surface area contributed by atoms with Crippen molar-refractivity contribution in [3.8, 4) is 11.4 Å². The van der Waals surface area contributed by atoms with Gasteiger partial charge < -0.3 is 16.0 Å². The summed E-state index contributed by atoms with van der Waals surface area (Å²) in [7, 11) is 0. The van der Waals surface area contributed by atoms with Crippen LogP contribution in [0.1, 0.15) is 36.7 Å². The summed E-state index contributed by atoms with van der Waals surface area (Å²) in [5.74, 6) is -0.495. The summed E-state index contributed by atoms with van der Waals surface area (Å²) < 4.78 is 26.7. The summed E-state index contributed by atoms with van der Waals surface area (Å²) in [6.07, 6.45) is 2.15. The number of aromatic amines is 1. The van der Waals surface area contributed by atoms with Crippen molar-refractivity contribution in [3.63, 3.8) is 0 Å². The minimum absolute atomic E-state index is 0.0396. The Labute approximate surface area is 207 Å². The van der Waals surface area contributed by atoms with Crippen molar-refractivity contribution in [1.29, 1.82) is 0 Å². The van der Waals surface area contributed by atoms with Crippen LogP contribution in [0.3, 0.4) is 0 Å². The molecule has 36 heavy (non-hydrogen) atoms. The topological polar surface area (TPSA) is 133 Å². The maximum atomic E-state index is 13.4. The number of nitrogens with two attached hydrogens (primary N) is 1. The Hall–Kier alpha value is -3.67. The monoisotopic (exact) mass is 500 g/mol. The van der Waals surface area contributed by atoms with E-state index in [1.165, 1.54) is 12.3 Å². The molecule has 0 unspecified atom stereocenters. The normalized spacial score (nSPS) is 18.4. The van der Waals surface area contributed by atoms with E-state index in [0.29, 0.717) is 36.9 Å². The van der Waals surface area contributed by atoms with Gasteiger partial charge in [0.25, 0.3) is 12.3 Å². The van der Waals surface area contributed by atoms with Gasteiger partial charge in [0.05, 0.1) is 23.1 Å². The number of likely N-dealkylation sites (tertiary alicyclic amines) is 2. The quantitative estimate of drug-likeness (QED) is 0.474. The van der Waals surface area contributed by atoms with E-state index in [-0.39, 0.29) is 23.3 Å². The third-order valence-electron chi connectivity index (χ3n) is 6.49. The number of nitrogens with one attached hydrogen (secondary N) is 2. The van der Waals surface area contributed by atoms with E-state index in [4.69, 9.17) is 5.73 Å². The number of carbonyl (C=O) groups excluding carboxylic acids is 2. The second-order valence-electron chi connectivity index (χ2n) is 8.85. The van der Waals surface area contributed by atoms with Gasteiger partial charge in [0.2, 0.25) is 5.91 Å². The number of alkyl halides is 2. The van der Waals surface area contributed by atoms with Gasteiger partial charge in [0.15, 0.2) is 0 Å². The van der Waals surface area contributed by atoms with Crippen molar-refractivity contribution < 1.29 is 18.4 Å². The van der Waals surface area contributed by atoms with E-state index in [1.807, 2.05) is 11.8 Å². The number of amides is 2. The Bertz CT molecular complexity index is 1120. The lowest BCUT2D eigenvalue weighted by molar-refractivity contribution is -0.132. The molecule has 2 aromatic heterocycles. The molecule has 2 aliphatic heterocycles. The standard InChI is InChI=1S/C24H30F2N8O2/c1-2-21(35)33-10-7-16(8-11-33)34-13-15(14-34)28-12-20(22(27)23(25)26)31-24(36)19-5-3-4-17(30-19)18-6-9-29-32-18/h3-6,9,12,15-16,23H,2,7-8,10-11,13-14,27H2,1H3,(H,29,32)(H,31,36). The lowest BCUT2D eigenvalue weighted by atomic mass is 9.97. The van der Waals surface area contributed by atoms with E-state index < -0.39 is 18.0 Å². The van der Waals surface area contributed by atoms with Crippen molar-refractivity contribution in [3.05, 3.63) is 47.6 Å². The molecule has 12 heteroatoms. The van der Waals surface area contributed by atoms with Crippen LogP contribution < -0.4 is 11.1 Å². The van der Waals surface area contributed by atoms with Crippen LogP contribution in [0.2, 0.25) is 0 Å². The maximum Gasteiger partial charge on any atom is 0.279 e. The van der Waals surface area contributed by atoms with Crippen molar-refractivity contribution in [1.82, 2.24) is 30.3 Å². The Morgan fingerprint density at radius 2 is 2.03 bits per heavy atom. The Kier molecular flexibility index (Phi) is 8.04. The lowest BCUT2D eigenvalue weighted by Gasteiger charge is -2.45. The van der Waals surface area contributed by atoms with Crippen molar-refractivity contribution in [2.45, 2.75) is 44.7 Å². The number of pyridine rings is 1. The molecule has 0 spiro atoms. The van der Waals surface area contributed by atoms with E-state index in [0.717, 1.165) is 25.9 Å². The fourth-order valence-electron chi connectivity index (χ4n) is 4.36. The van der Waals surface area contributed by atoms with E-state index in [9.17, 15) is 18.4 Å². The van der Waals surface area contributed by atoms with Crippen LogP contribution in [0.15, 0.2) is 46.8 Å². The molecular weight excluding hydrogens is 470 g/mol. The first kappa shape index (κ1) is 25.4. The smallest absolute Gasteiger partial charge is 0.279 e. The van der Waals surface area contributed by atoms with Crippen LogP contribution in [0, 0.1) is 0 Å². The van der Waals surface area contributed by atoms with Crippen LogP contribution in [-0.4, -0.2) is 87.7 Å². The Balaban J connectivity index is 1.35. The molecule has 2 fully saturated rings. The number of piperidine rings is 1. The predicted octanol–water partition coefficient (Wildman–Crippen LogP) is 1.79. The van der Waals surface area contributed by atoms with Gasteiger partial charge in [-0.15, -0.1) is 0 Å². The third-order valence-corrected chi connectivity index (χ3v) is 6.49. The van der Waals surface area contributed by atoms with Gasteiger partial charge in [-0.25, -0.2) is 13.8 Å². The number of hydrogen-bond acceptors (Lipinski definition) is 7. The minimum Gasteiger partial charge on any atom is -0.396 e. The first-order valence-electron chi connectivity index (χ1n) is 12.0. The van der Waals surface area contributed by atoms with Crippen LogP contribution in [0.5, 0.6) is 0 Å². The summed E-state index contributed by atoms with van der Waals surface area (Å²) in [5.41, 5.74) is 5.72. The Morgan fingerprint density at radius 1 is 1.28 bits per heavy atom. The molecular formula is C24H30F2N8O2. The molecule has 4 N–H and O–H groups in total. The van der Waals surface area contributed by atoms with Gasteiger partial charge >= 0.3 is 0 Å². The number of allylic oxidation sites excluding steroid dienone is 2. The number of hydrogen-bond donors (Lipinski definition) is 3. The number of nitrogens with zero attached hydrogens (tertiary/aromatic N) is 5. The highest BCUT2D eigenvalue weighted by molar-refractivity contribution is 5.98. The highest BCUT2D eigenvalue weighted by atomic mass is 19.3. The largest absolute Gasteiger partial charge is 0.396 e. The molecule has 192 valence electrons. The molecule has 0 bridgehead atoms. The number of H-pyrrole nitrogens is 1. The molecule has 2 aromatic rings. The first-order valence-corrected chi connectivity index (χ1v) is 12.0. The highest BCUT2D eigenvalue weighted by Gasteiger charge is 2.34. The molecule has 4 rings (SSSR count). The zero-order chi connectivity index (χ0) is 25.7. The second kappa shape index (κ2) is 11.4. The van der Waals surface area contributed by atoms with Gasteiger partial charge in [-0.1, -0.05) is 13.0 Å². The Morgan fingerprint density at radius 3 is 2.67 bits per heavy atom. The second-order valence-corrected chi connectivity index (χ2v) is 8.85. The molecule has 10 nitrogen and oxygen atoms in total. The minimum atomic E-state index is -2.95. The summed E-state index contributed by atoms with van der Waals surface area (Å²) in [6.45, 7) is 4.74.